The number of nitrogens with zero attached hydrogens (tertiary/aromatic N) is 1. The van der Waals surface area contributed by atoms with E-state index in [0.29, 0.717) is 6.04 Å². The lowest BCUT2D eigenvalue weighted by atomic mass is 9.86. The van der Waals surface area contributed by atoms with E-state index < -0.39 is 0 Å². The molecule has 96 valence electrons. The quantitative estimate of drug-likeness (QED) is 0.816. The minimum Gasteiger partial charge on any atom is -0.496 e. The molecule has 0 aliphatic heterocycles. The van der Waals surface area contributed by atoms with Crippen LogP contribution in [-0.2, 0) is 6.42 Å². The van der Waals surface area contributed by atoms with Gasteiger partial charge in [0.2, 0.25) is 0 Å². The molecule has 0 amide bonds. The summed E-state index contributed by atoms with van der Waals surface area (Å²) >= 11 is 6.33. The Bertz CT molecular complexity index is 393. The predicted octanol–water partition coefficient (Wildman–Crippen LogP) is 3.71. The van der Waals surface area contributed by atoms with Crippen molar-refractivity contribution < 1.29 is 4.74 Å². The number of hydrogen-bond donors (Lipinski definition) is 0. The number of methoxy groups -OCH3 is 1. The minimum absolute atomic E-state index is 0. The molecular formula is C13H19Cl2NO. The maximum atomic E-state index is 6.33. The molecule has 1 aliphatic carbocycles. The third-order valence-corrected chi connectivity index (χ3v) is 3.67. The van der Waals surface area contributed by atoms with E-state index in [4.69, 9.17) is 16.3 Å². The van der Waals surface area contributed by atoms with Crippen LogP contribution in [0.4, 0.5) is 0 Å². The van der Waals surface area contributed by atoms with Gasteiger partial charge in [-0.2, -0.15) is 0 Å². The maximum Gasteiger partial charge on any atom is 0.122 e. The number of fused-ring (bicyclic) bond motifs is 1. The van der Waals surface area contributed by atoms with Crippen molar-refractivity contribution in [2.75, 3.05) is 21.2 Å². The molecule has 0 radical (unpaired) electrons. The van der Waals surface area contributed by atoms with Crippen LogP contribution in [0.5, 0.6) is 5.75 Å². The fourth-order valence-electron chi connectivity index (χ4n) is 2.56. The van der Waals surface area contributed by atoms with Crippen LogP contribution in [0.3, 0.4) is 0 Å². The zero-order chi connectivity index (χ0) is 11.7. The first-order chi connectivity index (χ1) is 7.65. The van der Waals surface area contributed by atoms with Gasteiger partial charge in [0.25, 0.3) is 0 Å². The molecular weight excluding hydrogens is 257 g/mol. The summed E-state index contributed by atoms with van der Waals surface area (Å²) in [6.45, 7) is 0. The average Bonchev–Trinajstić information content (AvgIpc) is 2.29. The van der Waals surface area contributed by atoms with Crippen LogP contribution in [0.25, 0.3) is 0 Å². The Morgan fingerprint density at radius 1 is 1.35 bits per heavy atom. The highest BCUT2D eigenvalue weighted by Gasteiger charge is 2.26. The van der Waals surface area contributed by atoms with Gasteiger partial charge in [-0.3, -0.25) is 0 Å². The van der Waals surface area contributed by atoms with Crippen LogP contribution in [0.2, 0.25) is 5.02 Å². The van der Waals surface area contributed by atoms with Crippen molar-refractivity contribution in [1.29, 1.82) is 0 Å². The Morgan fingerprint density at radius 2 is 2.06 bits per heavy atom. The minimum atomic E-state index is 0. The largest absolute Gasteiger partial charge is 0.496 e. The number of benzene rings is 1. The highest BCUT2D eigenvalue weighted by Crippen LogP contribution is 2.41. The predicted molar refractivity (Wildman–Crippen MR) is 74.6 cm³/mol. The van der Waals surface area contributed by atoms with E-state index in [2.05, 4.69) is 19.0 Å². The van der Waals surface area contributed by atoms with Gasteiger partial charge in [0.05, 0.1) is 7.11 Å². The van der Waals surface area contributed by atoms with Crippen LogP contribution < -0.4 is 4.74 Å². The van der Waals surface area contributed by atoms with E-state index in [1.807, 2.05) is 12.1 Å². The lowest BCUT2D eigenvalue weighted by Gasteiger charge is -2.32. The van der Waals surface area contributed by atoms with Crippen molar-refractivity contribution in [1.82, 2.24) is 4.90 Å². The van der Waals surface area contributed by atoms with Gasteiger partial charge in [0.1, 0.15) is 5.75 Å². The SMILES string of the molecule is COc1ccc(Cl)c2c1CCC[C@@H]2N(C)C.Cl. The third kappa shape index (κ3) is 2.70. The zero-order valence-electron chi connectivity index (χ0n) is 10.5. The summed E-state index contributed by atoms with van der Waals surface area (Å²) in [7, 11) is 5.94. The monoisotopic (exact) mass is 275 g/mol. The maximum absolute atomic E-state index is 6.33. The number of ether oxygens (including phenoxy) is 1. The number of halogens is 2. The smallest absolute Gasteiger partial charge is 0.122 e. The number of hydrogen-bond acceptors (Lipinski definition) is 2. The highest BCUT2D eigenvalue weighted by molar-refractivity contribution is 6.31. The molecule has 0 unspecified atom stereocenters. The molecule has 0 fully saturated rings. The number of rotatable bonds is 2. The van der Waals surface area contributed by atoms with Crippen LogP contribution in [0.15, 0.2) is 12.1 Å². The van der Waals surface area contributed by atoms with Gasteiger partial charge in [-0.1, -0.05) is 11.6 Å². The Morgan fingerprint density at radius 3 is 2.65 bits per heavy atom. The van der Waals surface area contributed by atoms with Gasteiger partial charge < -0.3 is 9.64 Å². The van der Waals surface area contributed by atoms with Crippen molar-refractivity contribution in [3.63, 3.8) is 0 Å². The van der Waals surface area contributed by atoms with Gasteiger partial charge in [-0.15, -0.1) is 12.4 Å². The average molecular weight is 276 g/mol. The second-order valence-corrected chi connectivity index (χ2v) is 4.92. The Labute approximate surface area is 114 Å². The van der Waals surface area contributed by atoms with Gasteiger partial charge in [0, 0.05) is 16.6 Å². The first kappa shape index (κ1) is 14.6. The van der Waals surface area contributed by atoms with Crippen molar-refractivity contribution in [2.45, 2.75) is 25.3 Å². The Hall–Kier alpha value is -0.440. The van der Waals surface area contributed by atoms with Gasteiger partial charge in [-0.25, -0.2) is 0 Å². The molecule has 0 spiro atoms. The molecule has 0 N–H and O–H groups in total. The molecule has 1 aromatic carbocycles. The summed E-state index contributed by atoms with van der Waals surface area (Å²) in [4.78, 5) is 2.24. The molecule has 1 aromatic rings. The van der Waals surface area contributed by atoms with E-state index in [0.717, 1.165) is 17.2 Å². The molecule has 0 saturated carbocycles. The van der Waals surface area contributed by atoms with E-state index in [9.17, 15) is 0 Å². The standard InChI is InChI=1S/C13H18ClNO.ClH/c1-15(2)11-6-4-5-9-12(16-3)8-7-10(14)13(9)11;/h7-8,11H,4-6H2,1-3H3;1H/t11-;/m0./s1. The van der Waals surface area contributed by atoms with E-state index in [1.54, 1.807) is 7.11 Å². The second kappa shape index (κ2) is 5.94. The molecule has 0 aromatic heterocycles. The summed E-state index contributed by atoms with van der Waals surface area (Å²) in [5, 5.41) is 0.870. The van der Waals surface area contributed by atoms with Gasteiger partial charge in [-0.05, 0) is 51.1 Å². The fourth-order valence-corrected chi connectivity index (χ4v) is 2.86. The fraction of sp³-hybridized carbons (Fsp3) is 0.538. The van der Waals surface area contributed by atoms with E-state index in [-0.39, 0.29) is 12.4 Å². The van der Waals surface area contributed by atoms with Crippen molar-refractivity contribution >= 4 is 24.0 Å². The Kier molecular flexibility index (Phi) is 5.11. The topological polar surface area (TPSA) is 12.5 Å². The molecule has 17 heavy (non-hydrogen) atoms. The molecule has 1 atom stereocenters. The second-order valence-electron chi connectivity index (χ2n) is 4.51. The van der Waals surface area contributed by atoms with Crippen LogP contribution in [0.1, 0.15) is 30.0 Å². The lowest BCUT2D eigenvalue weighted by Crippen LogP contribution is -2.24. The lowest BCUT2D eigenvalue weighted by molar-refractivity contribution is 0.266. The van der Waals surface area contributed by atoms with Crippen LogP contribution in [0, 0.1) is 0 Å². The molecule has 1 aliphatic rings. The van der Waals surface area contributed by atoms with Crippen LogP contribution in [-0.4, -0.2) is 26.1 Å². The normalized spacial score (nSPS) is 18.5. The van der Waals surface area contributed by atoms with E-state index >= 15 is 0 Å². The highest BCUT2D eigenvalue weighted by atomic mass is 35.5. The summed E-state index contributed by atoms with van der Waals surface area (Å²) in [6, 6.07) is 4.34. The third-order valence-electron chi connectivity index (χ3n) is 3.34. The molecule has 0 bridgehead atoms. The zero-order valence-corrected chi connectivity index (χ0v) is 12.1. The van der Waals surface area contributed by atoms with Crippen molar-refractivity contribution in [3.8, 4) is 5.75 Å². The summed E-state index contributed by atoms with van der Waals surface area (Å²) in [5.41, 5.74) is 2.55. The molecule has 2 nitrogen and oxygen atoms in total. The van der Waals surface area contributed by atoms with Gasteiger partial charge in [0.15, 0.2) is 0 Å². The summed E-state index contributed by atoms with van der Waals surface area (Å²) < 4.78 is 5.42. The summed E-state index contributed by atoms with van der Waals surface area (Å²) in [5.74, 6) is 0.978. The molecule has 0 heterocycles. The first-order valence-corrected chi connectivity index (χ1v) is 6.04. The van der Waals surface area contributed by atoms with E-state index in [1.165, 1.54) is 24.0 Å². The molecule has 2 rings (SSSR count). The van der Waals surface area contributed by atoms with Gasteiger partial charge >= 0.3 is 0 Å². The molecule has 4 heteroatoms. The first-order valence-electron chi connectivity index (χ1n) is 5.67. The summed E-state index contributed by atoms with van der Waals surface area (Å²) in [6.07, 6.45) is 3.45. The molecule has 0 saturated heterocycles. The van der Waals surface area contributed by atoms with Crippen molar-refractivity contribution in [2.24, 2.45) is 0 Å². The Balaban J connectivity index is 0.00000144. The van der Waals surface area contributed by atoms with Crippen LogP contribution >= 0.6 is 24.0 Å². The van der Waals surface area contributed by atoms with Crippen molar-refractivity contribution in [3.05, 3.63) is 28.3 Å².